The number of hydrogen-bond acceptors (Lipinski definition) is 7. The second-order valence-electron chi connectivity index (χ2n) is 7.75. The van der Waals surface area contributed by atoms with Gasteiger partial charge in [-0.1, -0.05) is 17.3 Å². The van der Waals surface area contributed by atoms with Crippen LogP contribution in [0.3, 0.4) is 0 Å². The average molecular weight is 450 g/mol. The molecule has 0 atom stereocenters. The molecule has 4 rings (SSSR count). The first-order valence-corrected chi connectivity index (χ1v) is 10.2. The molecule has 1 fully saturated rings. The first-order valence-electron chi connectivity index (χ1n) is 10.2. The first kappa shape index (κ1) is 22.0. The van der Waals surface area contributed by atoms with Gasteiger partial charge in [0.25, 0.3) is 0 Å². The van der Waals surface area contributed by atoms with Crippen LogP contribution in [0.4, 0.5) is 4.79 Å². The van der Waals surface area contributed by atoms with Crippen LogP contribution in [0.15, 0.2) is 40.9 Å². The van der Waals surface area contributed by atoms with E-state index in [1.165, 1.54) is 6.07 Å². The Morgan fingerprint density at radius 2 is 1.94 bits per heavy atom. The maximum Gasteiger partial charge on any atom is 0.338 e. The van der Waals surface area contributed by atoms with Gasteiger partial charge in [0.05, 0.1) is 18.7 Å². The van der Waals surface area contributed by atoms with E-state index in [9.17, 15) is 19.2 Å². The lowest BCUT2D eigenvalue weighted by Gasteiger charge is -2.13. The lowest BCUT2D eigenvalue weighted by Crippen LogP contribution is -2.30. The summed E-state index contributed by atoms with van der Waals surface area (Å²) in [4.78, 5) is 49.8. The van der Waals surface area contributed by atoms with Gasteiger partial charge in [0.2, 0.25) is 11.7 Å². The highest BCUT2D eigenvalue weighted by Gasteiger charge is 2.28. The Labute approximate surface area is 189 Å². The van der Waals surface area contributed by atoms with Crippen molar-refractivity contribution in [1.29, 1.82) is 0 Å². The minimum absolute atomic E-state index is 0.0399. The topological polar surface area (TPSA) is 124 Å². The zero-order valence-electron chi connectivity index (χ0n) is 18.4. The highest BCUT2D eigenvalue weighted by Crippen LogP contribution is 2.21. The number of nitrogens with zero attached hydrogens (tertiary/aromatic N) is 3. The molecule has 3 heterocycles. The molecule has 0 saturated carbocycles. The van der Waals surface area contributed by atoms with E-state index in [0.717, 1.165) is 10.6 Å². The van der Waals surface area contributed by atoms with Crippen LogP contribution in [0.2, 0.25) is 0 Å². The molecule has 0 radical (unpaired) electrons. The zero-order chi connectivity index (χ0) is 23.7. The Morgan fingerprint density at radius 3 is 2.61 bits per heavy atom. The summed E-state index contributed by atoms with van der Waals surface area (Å²) in [6.45, 7) is 4.97. The van der Waals surface area contributed by atoms with E-state index >= 15 is 0 Å². The molecule has 0 spiro atoms. The molecule has 0 bridgehead atoms. The summed E-state index contributed by atoms with van der Waals surface area (Å²) < 4.78 is 12.2. The van der Waals surface area contributed by atoms with Gasteiger partial charge in [-0.3, -0.25) is 19.1 Å². The number of esters is 1. The fourth-order valence-electron chi connectivity index (χ4n) is 3.74. The number of carbonyl (C=O) groups excluding carboxylic acids is 4. The van der Waals surface area contributed by atoms with Crippen molar-refractivity contribution in [2.75, 3.05) is 13.2 Å². The van der Waals surface area contributed by atoms with Crippen LogP contribution in [0.5, 0.6) is 0 Å². The number of aromatic nitrogens is 2. The summed E-state index contributed by atoms with van der Waals surface area (Å²) in [5, 5.41) is 6.43. The number of imide groups is 1. The standard InChI is InChI=1S/C23H22N4O6/c1-13-7-18(15(3)27(13)20-8-14(2)33-25-20)19(28)12-32-22(30)17-6-4-5-16(9-17)11-26-21(29)10-24-23(26)31/h4-9H,10-12H2,1-3H3,(H,24,31). The molecule has 1 saturated heterocycles. The van der Waals surface area contributed by atoms with Gasteiger partial charge >= 0.3 is 12.0 Å². The fourth-order valence-corrected chi connectivity index (χ4v) is 3.74. The molecule has 0 aliphatic carbocycles. The average Bonchev–Trinajstić information content (AvgIpc) is 3.44. The summed E-state index contributed by atoms with van der Waals surface area (Å²) in [7, 11) is 0. The normalized spacial score (nSPS) is 13.4. The quantitative estimate of drug-likeness (QED) is 0.333. The monoisotopic (exact) mass is 450 g/mol. The van der Waals surface area contributed by atoms with Gasteiger partial charge in [-0.2, -0.15) is 0 Å². The van der Waals surface area contributed by atoms with Crippen molar-refractivity contribution in [3.05, 3.63) is 70.2 Å². The predicted octanol–water partition coefficient (Wildman–Crippen LogP) is 2.48. The van der Waals surface area contributed by atoms with Crippen molar-refractivity contribution in [2.45, 2.75) is 27.3 Å². The number of benzene rings is 1. The molecular weight excluding hydrogens is 428 g/mol. The van der Waals surface area contributed by atoms with E-state index in [4.69, 9.17) is 9.26 Å². The Balaban J connectivity index is 1.43. The van der Waals surface area contributed by atoms with Gasteiger partial charge < -0.3 is 14.6 Å². The predicted molar refractivity (Wildman–Crippen MR) is 115 cm³/mol. The molecule has 10 nitrogen and oxygen atoms in total. The van der Waals surface area contributed by atoms with Crippen LogP contribution in [-0.4, -0.2) is 51.5 Å². The Bertz CT molecular complexity index is 1260. The van der Waals surface area contributed by atoms with Gasteiger partial charge in [0.15, 0.2) is 12.4 Å². The Hall–Kier alpha value is -4.21. The van der Waals surface area contributed by atoms with E-state index in [1.807, 2.05) is 6.92 Å². The zero-order valence-corrected chi connectivity index (χ0v) is 18.4. The molecule has 0 unspecified atom stereocenters. The molecular formula is C23H22N4O6. The minimum atomic E-state index is -0.677. The lowest BCUT2D eigenvalue weighted by molar-refractivity contribution is -0.125. The van der Waals surface area contributed by atoms with E-state index in [0.29, 0.717) is 28.4 Å². The number of Topliss-reactive ketones (excluding diaryl/α,β-unsaturated/α-hetero) is 1. The molecule has 2 aromatic heterocycles. The van der Waals surface area contributed by atoms with E-state index in [2.05, 4.69) is 10.5 Å². The highest BCUT2D eigenvalue weighted by atomic mass is 16.5. The molecule has 1 aromatic carbocycles. The van der Waals surface area contributed by atoms with Crippen molar-refractivity contribution in [3.8, 4) is 5.82 Å². The maximum atomic E-state index is 12.7. The van der Waals surface area contributed by atoms with Crippen LogP contribution < -0.4 is 5.32 Å². The number of hydrogen-bond donors (Lipinski definition) is 1. The third kappa shape index (κ3) is 4.40. The molecule has 3 amide bonds. The van der Waals surface area contributed by atoms with Crippen LogP contribution >= 0.6 is 0 Å². The number of ether oxygens (including phenoxy) is 1. The molecule has 170 valence electrons. The van der Waals surface area contributed by atoms with Crippen molar-refractivity contribution >= 4 is 23.7 Å². The third-order valence-electron chi connectivity index (χ3n) is 5.35. The largest absolute Gasteiger partial charge is 0.454 e. The highest BCUT2D eigenvalue weighted by molar-refractivity contribution is 6.02. The van der Waals surface area contributed by atoms with Crippen molar-refractivity contribution in [1.82, 2.24) is 19.9 Å². The summed E-state index contributed by atoms with van der Waals surface area (Å²) in [5.74, 6) is -0.143. The molecule has 1 aliphatic heterocycles. The lowest BCUT2D eigenvalue weighted by atomic mass is 10.1. The smallest absolute Gasteiger partial charge is 0.338 e. The summed E-state index contributed by atoms with van der Waals surface area (Å²) in [5.41, 5.74) is 2.69. The number of ketones is 1. The number of urea groups is 1. The van der Waals surface area contributed by atoms with E-state index < -0.39 is 18.6 Å². The number of aryl methyl sites for hydroxylation is 2. The summed E-state index contributed by atoms with van der Waals surface area (Å²) in [6.07, 6.45) is 0. The van der Waals surface area contributed by atoms with Gasteiger partial charge in [0, 0.05) is 23.0 Å². The van der Waals surface area contributed by atoms with Gasteiger partial charge in [-0.05, 0) is 44.5 Å². The second kappa shape index (κ2) is 8.73. The minimum Gasteiger partial charge on any atom is -0.454 e. The fraction of sp³-hybridized carbons (Fsp3) is 0.261. The number of rotatable bonds is 7. The van der Waals surface area contributed by atoms with Crippen LogP contribution in [0.25, 0.3) is 5.82 Å². The molecule has 1 N–H and O–H groups in total. The van der Waals surface area contributed by atoms with Crippen LogP contribution in [0, 0.1) is 20.8 Å². The third-order valence-corrected chi connectivity index (χ3v) is 5.35. The van der Waals surface area contributed by atoms with Gasteiger partial charge in [-0.25, -0.2) is 9.59 Å². The van der Waals surface area contributed by atoms with Gasteiger partial charge in [0.1, 0.15) is 5.76 Å². The SMILES string of the molecule is Cc1cc(-n2c(C)cc(C(=O)COC(=O)c3cccc(CN4C(=O)CNC4=O)c3)c2C)no1. The van der Waals surface area contributed by atoms with Crippen molar-refractivity contribution in [3.63, 3.8) is 0 Å². The first-order chi connectivity index (χ1) is 15.7. The number of nitrogens with one attached hydrogen (secondary N) is 1. The number of amides is 3. The van der Waals surface area contributed by atoms with Gasteiger partial charge in [-0.15, -0.1) is 0 Å². The molecule has 3 aromatic rings. The van der Waals surface area contributed by atoms with Crippen molar-refractivity contribution < 1.29 is 28.4 Å². The second-order valence-corrected chi connectivity index (χ2v) is 7.75. The number of carbonyl (C=O) groups is 4. The Morgan fingerprint density at radius 1 is 1.15 bits per heavy atom. The van der Waals surface area contributed by atoms with Crippen LogP contribution in [0.1, 0.15) is 43.4 Å². The van der Waals surface area contributed by atoms with Crippen LogP contribution in [-0.2, 0) is 16.1 Å². The van der Waals surface area contributed by atoms with E-state index in [-0.39, 0.29) is 30.3 Å². The molecule has 1 aliphatic rings. The van der Waals surface area contributed by atoms with E-state index in [1.54, 1.807) is 48.7 Å². The molecule has 33 heavy (non-hydrogen) atoms. The Kier molecular flexibility index (Phi) is 5.82. The molecule has 10 heteroatoms. The van der Waals surface area contributed by atoms with Crippen molar-refractivity contribution in [2.24, 2.45) is 0 Å². The maximum absolute atomic E-state index is 12.7. The summed E-state index contributed by atoms with van der Waals surface area (Å²) in [6, 6.07) is 9.40. The summed E-state index contributed by atoms with van der Waals surface area (Å²) >= 11 is 0.